The van der Waals surface area contributed by atoms with Crippen LogP contribution < -0.4 is 0 Å². The first-order valence-corrected chi connectivity index (χ1v) is 3.91. The molecule has 0 fully saturated rings. The maximum atomic E-state index is 10.2. The van der Waals surface area contributed by atoms with Crippen LogP contribution in [0.2, 0.25) is 4.78 Å². The molecule has 0 aliphatic rings. The maximum Gasteiger partial charge on any atom is 0.230 e. The average Bonchev–Trinajstić information content (AvgIpc) is 1.65. The van der Waals surface area contributed by atoms with Crippen LogP contribution >= 0.6 is 11.6 Å². The maximum absolute atomic E-state index is 10.2. The molecular weight excluding hydrogens is 126 g/mol. The van der Waals surface area contributed by atoms with Crippen LogP contribution in [0.4, 0.5) is 0 Å². The van der Waals surface area contributed by atoms with Crippen molar-refractivity contribution in [3.8, 4) is 0 Å². The Labute approximate surface area is 56.5 Å². The van der Waals surface area contributed by atoms with Gasteiger partial charge in [-0.3, -0.25) is 4.79 Å². The van der Waals surface area contributed by atoms with Gasteiger partial charge in [-0.05, 0) is 16.4 Å². The fourth-order valence-electron chi connectivity index (χ4n) is 0.160. The molecule has 0 amide bonds. The summed E-state index contributed by atoms with van der Waals surface area (Å²) in [5.74, 6) is 0. The van der Waals surface area contributed by atoms with E-state index in [0.717, 1.165) is 22.7 Å². The van der Waals surface area contributed by atoms with E-state index in [1.165, 1.54) is 0 Å². The second-order valence-corrected chi connectivity index (χ2v) is 3.38. The molecule has 0 aliphatic heterocycles. The van der Waals surface area contributed by atoms with Crippen molar-refractivity contribution in [2.24, 2.45) is 0 Å². The normalized spacial score (nSPS) is 13.4. The first-order valence-electron chi connectivity index (χ1n) is 2.37. The Morgan fingerprint density at radius 3 is 2.43 bits per heavy atom. The first-order chi connectivity index (χ1) is 3.18. The fraction of sp³-hybridized carbons (Fsp3) is 0.750. The summed E-state index contributed by atoms with van der Waals surface area (Å²) >= 11 is 6.02. The van der Waals surface area contributed by atoms with Crippen molar-refractivity contribution in [2.45, 2.75) is 18.1 Å². The van der Waals surface area contributed by atoms with Gasteiger partial charge in [-0.1, -0.05) is 13.3 Å². The molecule has 0 saturated heterocycles. The standard InChI is InChI=1S/C4H6ClO.Al.2H/c1-2-3-4(5)6;;;/h3H,2H2,1H3;;;. The zero-order chi connectivity index (χ0) is 5.86. The number of hydrogen-bond acceptors (Lipinski definition) is 1. The molecule has 1 nitrogen and oxygen atoms in total. The van der Waals surface area contributed by atoms with Gasteiger partial charge >= 0.3 is 0 Å². The van der Waals surface area contributed by atoms with Gasteiger partial charge in [-0.2, -0.15) is 0 Å². The monoisotopic (exact) mass is 134 g/mol. The predicted molar refractivity (Wildman–Crippen MR) is 33.4 cm³/mol. The molecule has 7 heavy (non-hydrogen) atoms. The fourth-order valence-corrected chi connectivity index (χ4v) is 0.315. The van der Waals surface area contributed by atoms with E-state index >= 15 is 0 Å². The molecule has 0 heterocycles. The van der Waals surface area contributed by atoms with Crippen LogP contribution in [-0.2, 0) is 4.79 Å². The van der Waals surface area contributed by atoms with E-state index < -0.39 is 0 Å². The van der Waals surface area contributed by atoms with Gasteiger partial charge < -0.3 is 0 Å². The molecule has 0 N–H and O–H groups in total. The highest BCUT2D eigenvalue weighted by atomic mass is 35.5. The van der Waals surface area contributed by atoms with Gasteiger partial charge in [0, 0.05) is 0 Å². The topological polar surface area (TPSA) is 17.1 Å². The zero-order valence-corrected chi connectivity index (χ0v) is 7.33. The van der Waals surface area contributed by atoms with E-state index in [9.17, 15) is 4.79 Å². The van der Waals surface area contributed by atoms with Gasteiger partial charge in [0.15, 0.2) is 0 Å². The highest BCUT2D eigenvalue weighted by Crippen LogP contribution is 2.06. The van der Waals surface area contributed by atoms with E-state index in [-0.39, 0.29) is 10.0 Å². The van der Waals surface area contributed by atoms with Crippen LogP contribution in [0.3, 0.4) is 0 Å². The SMILES string of the molecule is CC[CH]([AlH2])C(=O)Cl. The van der Waals surface area contributed by atoms with Crippen molar-refractivity contribution in [3.05, 3.63) is 0 Å². The lowest BCUT2D eigenvalue weighted by Gasteiger charge is -1.95. The molecule has 0 aromatic heterocycles. The minimum atomic E-state index is -0.172. The highest BCUT2D eigenvalue weighted by molar-refractivity contribution is 6.68. The van der Waals surface area contributed by atoms with Gasteiger partial charge in [0.05, 0.1) is 0 Å². The number of halogens is 1. The van der Waals surface area contributed by atoms with Crippen molar-refractivity contribution in [1.82, 2.24) is 0 Å². The van der Waals surface area contributed by atoms with Crippen LogP contribution in [0.1, 0.15) is 13.3 Å². The Balaban J connectivity index is 3.34. The van der Waals surface area contributed by atoms with Crippen molar-refractivity contribution in [2.75, 3.05) is 0 Å². The lowest BCUT2D eigenvalue weighted by atomic mass is 10.4. The lowest BCUT2D eigenvalue weighted by molar-refractivity contribution is -0.111. The third-order valence-electron chi connectivity index (χ3n) is 1.000. The van der Waals surface area contributed by atoms with Gasteiger partial charge in [0.25, 0.3) is 0 Å². The van der Waals surface area contributed by atoms with E-state index in [4.69, 9.17) is 11.6 Å². The second kappa shape index (κ2) is 3.49. The third kappa shape index (κ3) is 3.11. The predicted octanol–water partition coefficient (Wildman–Crippen LogP) is 0.583. The third-order valence-corrected chi connectivity index (χ3v) is 3.08. The summed E-state index contributed by atoms with van der Waals surface area (Å²) in [6.45, 7) is 1.97. The lowest BCUT2D eigenvalue weighted by Crippen LogP contribution is -1.97. The molecule has 1 atom stereocenters. The zero-order valence-electron chi connectivity index (χ0n) is 4.57. The molecule has 0 bridgehead atoms. The Morgan fingerprint density at radius 2 is 2.43 bits per heavy atom. The van der Waals surface area contributed by atoms with Crippen LogP contribution in [0.25, 0.3) is 0 Å². The Hall–Kier alpha value is 0.492. The summed E-state index contributed by atoms with van der Waals surface area (Å²) in [5, 5.41) is -0.172. The molecule has 0 radical (unpaired) electrons. The summed E-state index contributed by atoms with van der Waals surface area (Å²) in [6.07, 6.45) is 0.897. The molecule has 0 saturated carbocycles. The van der Waals surface area contributed by atoms with Crippen LogP contribution in [0.15, 0.2) is 0 Å². The van der Waals surface area contributed by atoms with E-state index in [2.05, 4.69) is 0 Å². The molecule has 0 aromatic carbocycles. The largest absolute Gasteiger partial charge is 0.282 e. The second-order valence-electron chi connectivity index (χ2n) is 1.61. The Kier molecular flexibility index (Phi) is 3.73. The van der Waals surface area contributed by atoms with E-state index in [0.29, 0.717) is 0 Å². The minimum absolute atomic E-state index is 0.168. The Bertz CT molecular complexity index is 74.1. The number of carbonyl (C=O) groups is 1. The summed E-state index contributed by atoms with van der Waals surface area (Å²) in [7, 11) is 0. The molecule has 0 aliphatic carbocycles. The summed E-state index contributed by atoms with van der Waals surface area (Å²) < 4.78 is 0.168. The van der Waals surface area contributed by atoms with Gasteiger partial charge in [-0.25, -0.2) is 0 Å². The average molecular weight is 135 g/mol. The molecule has 0 spiro atoms. The first kappa shape index (κ1) is 7.49. The molecular formula is C4H8AlClO. The van der Waals surface area contributed by atoms with Crippen LogP contribution in [-0.4, -0.2) is 21.5 Å². The Morgan fingerprint density at radius 1 is 2.00 bits per heavy atom. The summed E-state index contributed by atoms with van der Waals surface area (Å²) in [4.78, 5) is 10.2. The minimum Gasteiger partial charge on any atom is -0.282 e. The number of hydrogen-bond donors (Lipinski definition) is 0. The number of rotatable bonds is 2. The van der Waals surface area contributed by atoms with Gasteiger partial charge in [0.1, 0.15) is 0 Å². The van der Waals surface area contributed by atoms with Gasteiger partial charge in [-0.15, -0.1) is 0 Å². The number of carbonyl (C=O) groups excluding carboxylic acids is 1. The summed E-state index contributed by atoms with van der Waals surface area (Å²) in [5.41, 5.74) is 0. The quantitative estimate of drug-likeness (QED) is 0.399. The van der Waals surface area contributed by atoms with Crippen molar-refractivity contribution >= 4 is 33.1 Å². The molecule has 40 valence electrons. The van der Waals surface area contributed by atoms with Crippen LogP contribution in [0, 0.1) is 0 Å². The van der Waals surface area contributed by atoms with Crippen molar-refractivity contribution < 1.29 is 4.79 Å². The van der Waals surface area contributed by atoms with Crippen molar-refractivity contribution in [1.29, 1.82) is 0 Å². The highest BCUT2D eigenvalue weighted by Gasteiger charge is 2.04. The van der Waals surface area contributed by atoms with Crippen molar-refractivity contribution in [3.63, 3.8) is 0 Å². The smallest absolute Gasteiger partial charge is 0.230 e. The molecule has 1 unspecified atom stereocenters. The summed E-state index contributed by atoms with van der Waals surface area (Å²) in [6, 6.07) is 0. The van der Waals surface area contributed by atoms with Gasteiger partial charge in [0.2, 0.25) is 21.5 Å². The molecule has 0 aromatic rings. The molecule has 0 rings (SSSR count). The molecule has 3 heteroatoms. The van der Waals surface area contributed by atoms with E-state index in [1.807, 2.05) is 6.92 Å². The van der Waals surface area contributed by atoms with E-state index in [1.54, 1.807) is 0 Å². The van der Waals surface area contributed by atoms with Crippen LogP contribution in [0.5, 0.6) is 0 Å².